The monoisotopic (exact) mass is 412 g/mol. The fourth-order valence-corrected chi connectivity index (χ4v) is 3.26. The number of alkyl halides is 3. The molecule has 1 atom stereocenters. The number of nitrogens with zero attached hydrogens (tertiary/aromatic N) is 2. The van der Waals surface area contributed by atoms with E-state index in [1.807, 2.05) is 0 Å². The number of benzene rings is 2. The number of fused-ring (bicyclic) bond motifs is 1. The van der Waals surface area contributed by atoms with E-state index in [1.54, 1.807) is 18.2 Å². The second-order valence-electron chi connectivity index (χ2n) is 6.53. The fourth-order valence-electron chi connectivity index (χ4n) is 3.26. The number of anilines is 1. The van der Waals surface area contributed by atoms with Crippen molar-refractivity contribution in [3.05, 3.63) is 95.3 Å². The number of halogens is 3. The molecule has 0 spiro atoms. The lowest BCUT2D eigenvalue weighted by atomic mass is 10.0. The predicted molar refractivity (Wildman–Crippen MR) is 102 cm³/mol. The Kier molecular flexibility index (Phi) is 4.86. The number of para-hydroxylation sites is 1. The van der Waals surface area contributed by atoms with Crippen molar-refractivity contribution in [2.24, 2.45) is 0 Å². The van der Waals surface area contributed by atoms with Gasteiger partial charge in [0.15, 0.2) is 0 Å². The minimum atomic E-state index is -4.64. The number of nitrogens with one attached hydrogen (secondary N) is 2. The number of amides is 2. The molecule has 2 N–H and O–H groups in total. The first-order valence-corrected chi connectivity index (χ1v) is 8.92. The molecule has 6 nitrogen and oxygen atoms in total. The highest BCUT2D eigenvalue weighted by molar-refractivity contribution is 6.04. The summed E-state index contributed by atoms with van der Waals surface area (Å²) in [6.45, 7) is 0. The Morgan fingerprint density at radius 2 is 1.67 bits per heavy atom. The van der Waals surface area contributed by atoms with Crippen molar-refractivity contribution in [1.29, 1.82) is 0 Å². The maximum atomic E-state index is 13.6. The first kappa shape index (κ1) is 19.4. The highest BCUT2D eigenvalue weighted by Crippen LogP contribution is 2.39. The van der Waals surface area contributed by atoms with Crippen LogP contribution in [0.5, 0.6) is 0 Å². The van der Waals surface area contributed by atoms with Crippen LogP contribution < -0.4 is 10.7 Å². The normalized spacial score (nSPS) is 15.9. The van der Waals surface area contributed by atoms with Crippen LogP contribution in [-0.4, -0.2) is 21.8 Å². The first-order chi connectivity index (χ1) is 14.4. The van der Waals surface area contributed by atoms with E-state index in [0.717, 1.165) is 11.1 Å². The van der Waals surface area contributed by atoms with E-state index < -0.39 is 29.7 Å². The molecule has 3 aromatic rings. The molecule has 2 amide bonds. The van der Waals surface area contributed by atoms with Crippen LogP contribution in [0.3, 0.4) is 0 Å². The maximum Gasteiger partial charge on any atom is 0.416 e. The summed E-state index contributed by atoms with van der Waals surface area (Å²) in [4.78, 5) is 29.6. The highest BCUT2D eigenvalue weighted by atomic mass is 19.4. The van der Waals surface area contributed by atoms with Gasteiger partial charge in [-0.3, -0.25) is 20.0 Å². The number of carbonyl (C=O) groups is 2. The number of carbonyl (C=O) groups excluding carboxylic acids is 2. The number of rotatable bonds is 3. The third kappa shape index (κ3) is 3.57. The van der Waals surface area contributed by atoms with Crippen LogP contribution in [0.2, 0.25) is 0 Å². The Morgan fingerprint density at radius 3 is 2.40 bits per heavy atom. The van der Waals surface area contributed by atoms with E-state index in [1.165, 1.54) is 48.8 Å². The number of hydrazine groups is 1. The highest BCUT2D eigenvalue weighted by Gasteiger charge is 2.40. The molecule has 0 saturated carbocycles. The summed E-state index contributed by atoms with van der Waals surface area (Å²) in [7, 11) is 0. The Morgan fingerprint density at radius 1 is 1.00 bits per heavy atom. The van der Waals surface area contributed by atoms with Gasteiger partial charge in [0.05, 0.1) is 11.1 Å². The number of hydrogen-bond acceptors (Lipinski definition) is 4. The molecular formula is C21H15F3N4O2. The SMILES string of the molecule is O=C(NN1C(=O)c2ccccc2NC1c1ccccc1C(F)(F)F)c1ccncc1. The summed E-state index contributed by atoms with van der Waals surface area (Å²) in [6.07, 6.45) is -3.11. The molecule has 1 aliphatic rings. The Balaban J connectivity index is 1.79. The van der Waals surface area contributed by atoms with Gasteiger partial charge in [0, 0.05) is 29.2 Å². The summed E-state index contributed by atoms with van der Waals surface area (Å²) in [5.41, 5.74) is 2.16. The van der Waals surface area contributed by atoms with Crippen LogP contribution in [0, 0.1) is 0 Å². The lowest BCUT2D eigenvalue weighted by molar-refractivity contribution is -0.138. The molecule has 0 radical (unpaired) electrons. The van der Waals surface area contributed by atoms with Gasteiger partial charge in [0.1, 0.15) is 6.17 Å². The third-order valence-electron chi connectivity index (χ3n) is 4.65. The summed E-state index contributed by atoms with van der Waals surface area (Å²) in [6, 6.07) is 14.2. The molecule has 0 bridgehead atoms. The minimum Gasteiger partial charge on any atom is -0.359 e. The summed E-state index contributed by atoms with van der Waals surface area (Å²) in [5.74, 6) is -1.28. The van der Waals surface area contributed by atoms with E-state index in [0.29, 0.717) is 5.69 Å². The van der Waals surface area contributed by atoms with Crippen molar-refractivity contribution in [2.75, 3.05) is 5.32 Å². The second-order valence-corrected chi connectivity index (χ2v) is 6.53. The average molecular weight is 412 g/mol. The molecule has 2 aromatic carbocycles. The van der Waals surface area contributed by atoms with Gasteiger partial charge in [-0.15, -0.1) is 0 Å². The molecule has 1 aliphatic heterocycles. The van der Waals surface area contributed by atoms with Crippen LogP contribution in [0.1, 0.15) is 38.0 Å². The molecule has 9 heteroatoms. The van der Waals surface area contributed by atoms with Gasteiger partial charge in [-0.05, 0) is 30.3 Å². The largest absolute Gasteiger partial charge is 0.416 e. The van der Waals surface area contributed by atoms with Crippen LogP contribution in [0.4, 0.5) is 18.9 Å². The average Bonchev–Trinajstić information content (AvgIpc) is 2.75. The van der Waals surface area contributed by atoms with E-state index in [4.69, 9.17) is 0 Å². The molecule has 0 aliphatic carbocycles. The van der Waals surface area contributed by atoms with Crippen LogP contribution in [0.15, 0.2) is 73.1 Å². The summed E-state index contributed by atoms with van der Waals surface area (Å²) >= 11 is 0. The maximum absolute atomic E-state index is 13.6. The smallest absolute Gasteiger partial charge is 0.359 e. The molecule has 1 aromatic heterocycles. The zero-order chi connectivity index (χ0) is 21.3. The molecule has 4 rings (SSSR count). The van der Waals surface area contributed by atoms with Crippen molar-refractivity contribution in [3.63, 3.8) is 0 Å². The van der Waals surface area contributed by atoms with Gasteiger partial charge in [-0.25, -0.2) is 5.01 Å². The van der Waals surface area contributed by atoms with Crippen molar-refractivity contribution in [1.82, 2.24) is 15.4 Å². The molecule has 2 heterocycles. The number of aromatic nitrogens is 1. The van der Waals surface area contributed by atoms with Crippen LogP contribution in [0.25, 0.3) is 0 Å². The summed E-state index contributed by atoms with van der Waals surface area (Å²) in [5, 5.41) is 3.83. The second kappa shape index (κ2) is 7.51. The minimum absolute atomic E-state index is 0.192. The number of hydrogen-bond donors (Lipinski definition) is 2. The predicted octanol–water partition coefficient (Wildman–Crippen LogP) is 4.01. The fraction of sp³-hybridized carbons (Fsp3) is 0.0952. The number of pyridine rings is 1. The van der Waals surface area contributed by atoms with Crippen molar-refractivity contribution >= 4 is 17.5 Å². The zero-order valence-corrected chi connectivity index (χ0v) is 15.4. The van der Waals surface area contributed by atoms with Crippen LogP contribution in [-0.2, 0) is 6.18 Å². The van der Waals surface area contributed by atoms with Gasteiger partial charge < -0.3 is 5.32 Å². The Hall–Kier alpha value is -3.88. The quantitative estimate of drug-likeness (QED) is 0.682. The summed E-state index contributed by atoms with van der Waals surface area (Å²) < 4.78 is 40.9. The van der Waals surface area contributed by atoms with E-state index in [2.05, 4.69) is 15.7 Å². The Bertz CT molecular complexity index is 1100. The lowest BCUT2D eigenvalue weighted by Crippen LogP contribution is -2.53. The van der Waals surface area contributed by atoms with Gasteiger partial charge in [-0.1, -0.05) is 30.3 Å². The Labute approximate surface area is 169 Å². The molecule has 30 heavy (non-hydrogen) atoms. The van der Waals surface area contributed by atoms with Crippen LogP contribution >= 0.6 is 0 Å². The van der Waals surface area contributed by atoms with E-state index in [9.17, 15) is 22.8 Å². The van der Waals surface area contributed by atoms with Gasteiger partial charge >= 0.3 is 6.18 Å². The van der Waals surface area contributed by atoms with Crippen molar-refractivity contribution in [2.45, 2.75) is 12.3 Å². The zero-order valence-electron chi connectivity index (χ0n) is 15.4. The third-order valence-corrected chi connectivity index (χ3v) is 4.65. The molecule has 0 fully saturated rings. The van der Waals surface area contributed by atoms with Crippen molar-refractivity contribution in [3.8, 4) is 0 Å². The van der Waals surface area contributed by atoms with Gasteiger partial charge in [-0.2, -0.15) is 13.2 Å². The van der Waals surface area contributed by atoms with Crippen molar-refractivity contribution < 1.29 is 22.8 Å². The topological polar surface area (TPSA) is 74.3 Å². The van der Waals surface area contributed by atoms with Gasteiger partial charge in [0.2, 0.25) is 0 Å². The molecule has 0 saturated heterocycles. The van der Waals surface area contributed by atoms with Gasteiger partial charge in [0.25, 0.3) is 11.8 Å². The molecule has 152 valence electrons. The van der Waals surface area contributed by atoms with E-state index >= 15 is 0 Å². The molecular weight excluding hydrogens is 397 g/mol. The lowest BCUT2D eigenvalue weighted by Gasteiger charge is -2.38. The first-order valence-electron chi connectivity index (χ1n) is 8.92. The standard InChI is InChI=1S/C21H15F3N4O2/c22-21(23,24)16-7-3-1-5-14(16)18-26-17-8-4-2-6-15(17)20(30)28(18)27-19(29)13-9-11-25-12-10-13/h1-12,18,26H,(H,27,29). The van der Waals surface area contributed by atoms with E-state index in [-0.39, 0.29) is 16.7 Å². The molecule has 1 unspecified atom stereocenters.